The summed E-state index contributed by atoms with van der Waals surface area (Å²) in [6.45, 7) is 11.1. The highest BCUT2D eigenvalue weighted by Gasteiger charge is 2.28. The molecule has 0 aromatic heterocycles. The Bertz CT molecular complexity index is 306. The molecule has 4 nitrogen and oxygen atoms in total. The van der Waals surface area contributed by atoms with Gasteiger partial charge in [-0.05, 0) is 65.5 Å². The quantitative estimate of drug-likeness (QED) is 0.772. The highest BCUT2D eigenvalue weighted by Crippen LogP contribution is 2.21. The van der Waals surface area contributed by atoms with Crippen LogP contribution in [0.4, 0.5) is 4.79 Å². The minimum Gasteiger partial charge on any atom is -0.444 e. The van der Waals surface area contributed by atoms with Gasteiger partial charge in [-0.1, -0.05) is 0 Å². The Kier molecular flexibility index (Phi) is 4.71. The van der Waals surface area contributed by atoms with E-state index < -0.39 is 0 Å². The fourth-order valence-electron chi connectivity index (χ4n) is 3.04. The van der Waals surface area contributed by atoms with E-state index in [0.717, 1.165) is 26.1 Å². The van der Waals surface area contributed by atoms with E-state index >= 15 is 0 Å². The van der Waals surface area contributed by atoms with Crippen molar-refractivity contribution in [3.63, 3.8) is 0 Å². The lowest BCUT2D eigenvalue weighted by Gasteiger charge is -2.35. The molecule has 110 valence electrons. The van der Waals surface area contributed by atoms with Crippen molar-refractivity contribution in [3.05, 3.63) is 0 Å². The van der Waals surface area contributed by atoms with Gasteiger partial charge in [0.1, 0.15) is 5.60 Å². The molecule has 2 heterocycles. The molecule has 0 aliphatic carbocycles. The second-order valence-corrected chi connectivity index (χ2v) is 6.94. The van der Waals surface area contributed by atoms with Crippen molar-refractivity contribution in [2.75, 3.05) is 32.7 Å². The van der Waals surface area contributed by atoms with Crippen LogP contribution in [0.15, 0.2) is 0 Å². The number of hydrogen-bond acceptors (Lipinski definition) is 3. The Morgan fingerprint density at radius 3 is 2.47 bits per heavy atom. The first kappa shape index (κ1) is 14.6. The van der Waals surface area contributed by atoms with Gasteiger partial charge >= 0.3 is 6.09 Å². The number of likely N-dealkylation sites (tertiary alicyclic amines) is 2. The van der Waals surface area contributed by atoms with Crippen LogP contribution >= 0.6 is 0 Å². The van der Waals surface area contributed by atoms with E-state index in [4.69, 9.17) is 4.74 Å². The molecule has 0 saturated carbocycles. The maximum absolute atomic E-state index is 12.1. The van der Waals surface area contributed by atoms with Gasteiger partial charge in [0.25, 0.3) is 0 Å². The van der Waals surface area contributed by atoms with E-state index in [0.29, 0.717) is 5.92 Å². The molecule has 1 atom stereocenters. The molecule has 0 spiro atoms. The van der Waals surface area contributed by atoms with Crippen LogP contribution in [-0.4, -0.2) is 54.2 Å². The van der Waals surface area contributed by atoms with Crippen molar-refractivity contribution in [1.29, 1.82) is 0 Å². The summed E-state index contributed by atoms with van der Waals surface area (Å²) in [6, 6.07) is 0. The minimum atomic E-state index is -0.390. The van der Waals surface area contributed by atoms with Crippen molar-refractivity contribution in [2.45, 2.75) is 52.1 Å². The molecule has 0 N–H and O–H groups in total. The van der Waals surface area contributed by atoms with Crippen LogP contribution in [0.5, 0.6) is 0 Å². The van der Waals surface area contributed by atoms with Gasteiger partial charge in [-0.15, -0.1) is 0 Å². The summed E-state index contributed by atoms with van der Waals surface area (Å²) < 4.78 is 5.47. The zero-order valence-electron chi connectivity index (χ0n) is 12.7. The van der Waals surface area contributed by atoms with Gasteiger partial charge in [-0.3, -0.25) is 0 Å². The lowest BCUT2D eigenvalue weighted by Crippen LogP contribution is -2.45. The lowest BCUT2D eigenvalue weighted by atomic mass is 9.98. The Balaban J connectivity index is 1.80. The number of carbonyl (C=O) groups excluding carboxylic acids is 1. The SMILES string of the molecule is CC(C)(C)OC(=O)N1CCCC(CN2CCCC2)C1. The molecule has 0 bridgehead atoms. The molecule has 2 aliphatic heterocycles. The van der Waals surface area contributed by atoms with Crippen LogP contribution in [0.25, 0.3) is 0 Å². The first-order valence-corrected chi connectivity index (χ1v) is 7.64. The third-order valence-corrected chi connectivity index (χ3v) is 3.89. The van der Waals surface area contributed by atoms with E-state index in [9.17, 15) is 4.79 Å². The molecule has 0 aromatic rings. The fourth-order valence-corrected chi connectivity index (χ4v) is 3.04. The molecule has 2 rings (SSSR count). The van der Waals surface area contributed by atoms with E-state index in [1.54, 1.807) is 0 Å². The van der Waals surface area contributed by atoms with Gasteiger partial charge in [-0.25, -0.2) is 4.79 Å². The number of hydrogen-bond donors (Lipinski definition) is 0. The molecule has 0 aromatic carbocycles. The Labute approximate surface area is 117 Å². The molecule has 1 amide bonds. The second kappa shape index (κ2) is 6.12. The number of amides is 1. The van der Waals surface area contributed by atoms with Crippen molar-refractivity contribution in [3.8, 4) is 0 Å². The summed E-state index contributed by atoms with van der Waals surface area (Å²) in [6.07, 6.45) is 4.89. The van der Waals surface area contributed by atoms with Crippen molar-refractivity contribution in [1.82, 2.24) is 9.80 Å². The van der Waals surface area contributed by atoms with Crippen LogP contribution in [-0.2, 0) is 4.74 Å². The van der Waals surface area contributed by atoms with Gasteiger partial charge in [0.2, 0.25) is 0 Å². The normalized spacial score (nSPS) is 25.6. The number of piperidine rings is 1. The molecule has 2 saturated heterocycles. The van der Waals surface area contributed by atoms with Crippen LogP contribution in [0, 0.1) is 5.92 Å². The molecule has 2 fully saturated rings. The predicted molar refractivity (Wildman–Crippen MR) is 76.2 cm³/mol. The molecule has 1 unspecified atom stereocenters. The van der Waals surface area contributed by atoms with Crippen molar-refractivity contribution in [2.24, 2.45) is 5.92 Å². The minimum absolute atomic E-state index is 0.140. The Morgan fingerprint density at radius 2 is 1.84 bits per heavy atom. The summed E-state index contributed by atoms with van der Waals surface area (Å²) >= 11 is 0. The highest BCUT2D eigenvalue weighted by atomic mass is 16.6. The monoisotopic (exact) mass is 268 g/mol. The van der Waals surface area contributed by atoms with Gasteiger partial charge in [0.05, 0.1) is 0 Å². The molecule has 4 heteroatoms. The highest BCUT2D eigenvalue weighted by molar-refractivity contribution is 5.68. The Morgan fingerprint density at radius 1 is 1.16 bits per heavy atom. The van der Waals surface area contributed by atoms with Crippen LogP contribution in [0.2, 0.25) is 0 Å². The maximum Gasteiger partial charge on any atom is 0.410 e. The van der Waals surface area contributed by atoms with E-state index in [1.165, 1.54) is 32.4 Å². The van der Waals surface area contributed by atoms with Gasteiger partial charge < -0.3 is 14.5 Å². The summed E-state index contributed by atoms with van der Waals surface area (Å²) in [5.74, 6) is 0.624. The Hall–Kier alpha value is -0.770. The van der Waals surface area contributed by atoms with Crippen molar-refractivity contribution >= 4 is 6.09 Å². The van der Waals surface area contributed by atoms with Gasteiger partial charge in [-0.2, -0.15) is 0 Å². The fraction of sp³-hybridized carbons (Fsp3) is 0.933. The average molecular weight is 268 g/mol. The zero-order chi connectivity index (χ0) is 13.9. The molecule has 0 radical (unpaired) electrons. The maximum atomic E-state index is 12.1. The topological polar surface area (TPSA) is 32.8 Å². The van der Waals surface area contributed by atoms with Crippen LogP contribution < -0.4 is 0 Å². The smallest absolute Gasteiger partial charge is 0.410 e. The van der Waals surface area contributed by atoms with Crippen LogP contribution in [0.1, 0.15) is 46.5 Å². The first-order valence-electron chi connectivity index (χ1n) is 7.64. The number of carbonyl (C=O) groups is 1. The third-order valence-electron chi connectivity index (χ3n) is 3.89. The second-order valence-electron chi connectivity index (χ2n) is 6.94. The van der Waals surface area contributed by atoms with Crippen molar-refractivity contribution < 1.29 is 9.53 Å². The summed E-state index contributed by atoms with van der Waals surface area (Å²) in [5.41, 5.74) is -0.390. The average Bonchev–Trinajstić information content (AvgIpc) is 2.80. The number of nitrogens with zero attached hydrogens (tertiary/aromatic N) is 2. The van der Waals surface area contributed by atoms with Crippen LogP contribution in [0.3, 0.4) is 0 Å². The standard InChI is InChI=1S/C15H28N2O2/c1-15(2,3)19-14(18)17-10-6-7-13(12-17)11-16-8-4-5-9-16/h13H,4-12H2,1-3H3. The van der Waals surface area contributed by atoms with E-state index in [2.05, 4.69) is 4.90 Å². The summed E-state index contributed by atoms with van der Waals surface area (Å²) in [4.78, 5) is 16.5. The number of rotatable bonds is 2. The van der Waals surface area contributed by atoms with Gasteiger partial charge in [0.15, 0.2) is 0 Å². The molecular weight excluding hydrogens is 240 g/mol. The first-order chi connectivity index (χ1) is 8.94. The summed E-state index contributed by atoms with van der Waals surface area (Å²) in [7, 11) is 0. The molecular formula is C15H28N2O2. The molecule has 19 heavy (non-hydrogen) atoms. The van der Waals surface area contributed by atoms with Gasteiger partial charge in [0, 0.05) is 19.6 Å². The van der Waals surface area contributed by atoms with E-state index in [-0.39, 0.29) is 11.7 Å². The molecule has 2 aliphatic rings. The summed E-state index contributed by atoms with van der Waals surface area (Å²) in [5, 5.41) is 0. The largest absolute Gasteiger partial charge is 0.444 e. The predicted octanol–water partition coefficient (Wildman–Crippen LogP) is 2.73. The number of ether oxygens (including phenoxy) is 1. The third kappa shape index (κ3) is 4.68. The lowest BCUT2D eigenvalue weighted by molar-refractivity contribution is 0.0149. The zero-order valence-corrected chi connectivity index (χ0v) is 12.7. The van der Waals surface area contributed by atoms with E-state index in [1.807, 2.05) is 25.7 Å².